The Morgan fingerprint density at radius 2 is 2.15 bits per heavy atom. The first kappa shape index (κ1) is 17.8. The van der Waals surface area contributed by atoms with Gasteiger partial charge in [0.1, 0.15) is 0 Å². The molecule has 0 radical (unpaired) electrons. The van der Waals surface area contributed by atoms with Crippen molar-refractivity contribution in [1.29, 1.82) is 0 Å². The summed E-state index contributed by atoms with van der Waals surface area (Å²) in [6, 6.07) is 4.09. The third-order valence-corrected chi connectivity index (χ3v) is 4.50. The molecule has 2 aliphatic heterocycles. The molecule has 0 aromatic carbocycles. The van der Waals surface area contributed by atoms with Gasteiger partial charge in [0.2, 0.25) is 0 Å². The van der Waals surface area contributed by atoms with E-state index in [1.807, 2.05) is 12.3 Å². The lowest BCUT2D eigenvalue weighted by Gasteiger charge is -2.37. The van der Waals surface area contributed by atoms with E-state index in [9.17, 15) is 0 Å². The molecule has 1 aromatic rings. The zero-order valence-corrected chi connectivity index (χ0v) is 13.9. The lowest BCUT2D eigenvalue weighted by Crippen LogP contribution is -2.48. The Morgan fingerprint density at radius 3 is 2.80 bits per heavy atom. The van der Waals surface area contributed by atoms with Gasteiger partial charge in [-0.2, -0.15) is 5.10 Å². The van der Waals surface area contributed by atoms with E-state index in [1.54, 1.807) is 0 Å². The lowest BCUT2D eigenvalue weighted by atomic mass is 9.93. The molecule has 0 unspecified atom stereocenters. The van der Waals surface area contributed by atoms with Crippen molar-refractivity contribution >= 4 is 24.8 Å². The highest BCUT2D eigenvalue weighted by molar-refractivity contribution is 5.85. The molecule has 116 valence electrons. The van der Waals surface area contributed by atoms with Crippen molar-refractivity contribution in [2.24, 2.45) is 5.92 Å². The van der Waals surface area contributed by atoms with E-state index in [0.29, 0.717) is 12.1 Å². The molecule has 3 heterocycles. The summed E-state index contributed by atoms with van der Waals surface area (Å²) >= 11 is 0. The van der Waals surface area contributed by atoms with Crippen molar-refractivity contribution in [3.63, 3.8) is 0 Å². The third-order valence-electron chi connectivity index (χ3n) is 4.50. The Balaban J connectivity index is 0.000001000. The molecule has 20 heavy (non-hydrogen) atoms. The van der Waals surface area contributed by atoms with Crippen molar-refractivity contribution in [3.05, 3.63) is 18.5 Å². The second-order valence-corrected chi connectivity index (χ2v) is 5.98. The molecule has 1 N–H and O–H groups in total. The van der Waals surface area contributed by atoms with E-state index in [4.69, 9.17) is 0 Å². The minimum absolute atomic E-state index is 0. The lowest BCUT2D eigenvalue weighted by molar-refractivity contribution is 0.110. The number of hydrogen-bond donors (Lipinski definition) is 1. The van der Waals surface area contributed by atoms with E-state index >= 15 is 0 Å². The largest absolute Gasteiger partial charge is 0.316 e. The molecule has 0 amide bonds. The number of aromatic nitrogens is 2. The van der Waals surface area contributed by atoms with Gasteiger partial charge >= 0.3 is 0 Å². The van der Waals surface area contributed by atoms with Crippen molar-refractivity contribution in [1.82, 2.24) is 20.0 Å². The zero-order chi connectivity index (χ0) is 12.5. The molecule has 0 saturated carbocycles. The number of rotatable bonds is 3. The summed E-state index contributed by atoms with van der Waals surface area (Å²) in [5.74, 6) is 0.835. The van der Waals surface area contributed by atoms with Gasteiger partial charge < -0.3 is 5.32 Å². The Hall–Kier alpha value is -0.290. The monoisotopic (exact) mass is 320 g/mol. The van der Waals surface area contributed by atoms with E-state index in [0.717, 1.165) is 18.5 Å². The second kappa shape index (κ2) is 7.64. The molecule has 2 saturated heterocycles. The quantitative estimate of drug-likeness (QED) is 0.926. The van der Waals surface area contributed by atoms with Crippen LogP contribution in [0.1, 0.15) is 26.7 Å². The molecule has 6 heteroatoms. The van der Waals surface area contributed by atoms with Crippen LogP contribution in [0.2, 0.25) is 0 Å². The predicted octanol–water partition coefficient (Wildman–Crippen LogP) is 2.19. The van der Waals surface area contributed by atoms with Crippen molar-refractivity contribution in [3.8, 4) is 0 Å². The van der Waals surface area contributed by atoms with Crippen molar-refractivity contribution in [2.75, 3.05) is 13.1 Å². The van der Waals surface area contributed by atoms with Crippen LogP contribution in [0.4, 0.5) is 0 Å². The van der Waals surface area contributed by atoms with Crippen LogP contribution in [-0.2, 0) is 6.54 Å². The van der Waals surface area contributed by atoms with Gasteiger partial charge in [0.25, 0.3) is 0 Å². The van der Waals surface area contributed by atoms with Crippen LogP contribution >= 0.6 is 24.8 Å². The van der Waals surface area contributed by atoms with Gasteiger partial charge in [-0.05, 0) is 51.8 Å². The summed E-state index contributed by atoms with van der Waals surface area (Å²) in [6.45, 7) is 8.08. The molecule has 0 spiro atoms. The summed E-state index contributed by atoms with van der Waals surface area (Å²) in [6.07, 6.45) is 6.58. The summed E-state index contributed by atoms with van der Waals surface area (Å²) in [4.78, 5) is 2.74. The molecular weight excluding hydrogens is 295 g/mol. The molecule has 4 nitrogen and oxygen atoms in total. The maximum Gasteiger partial charge on any atom is 0.0565 e. The molecule has 0 bridgehead atoms. The van der Waals surface area contributed by atoms with Crippen molar-refractivity contribution in [2.45, 2.75) is 51.4 Å². The molecule has 0 aliphatic carbocycles. The summed E-state index contributed by atoms with van der Waals surface area (Å²) < 4.78 is 2.09. The highest BCUT2D eigenvalue weighted by atomic mass is 35.5. The van der Waals surface area contributed by atoms with Crippen LogP contribution < -0.4 is 5.32 Å². The normalized spacial score (nSPS) is 29.6. The maximum atomic E-state index is 4.37. The molecule has 3 rings (SSSR count). The average molecular weight is 321 g/mol. The van der Waals surface area contributed by atoms with E-state index in [2.05, 4.69) is 40.0 Å². The molecule has 1 aromatic heterocycles. The van der Waals surface area contributed by atoms with Gasteiger partial charge in [0.05, 0.1) is 6.54 Å². The van der Waals surface area contributed by atoms with Crippen LogP contribution in [0.3, 0.4) is 0 Å². The highest BCUT2D eigenvalue weighted by Crippen LogP contribution is 2.35. The second-order valence-electron chi connectivity index (χ2n) is 5.98. The number of nitrogens with zero attached hydrogens (tertiary/aromatic N) is 3. The average Bonchev–Trinajstić information content (AvgIpc) is 2.95. The Bertz CT molecular complexity index is 383. The topological polar surface area (TPSA) is 33.1 Å². The van der Waals surface area contributed by atoms with E-state index in [-0.39, 0.29) is 24.8 Å². The fourth-order valence-corrected chi connectivity index (χ4v) is 3.88. The van der Waals surface area contributed by atoms with Gasteiger partial charge in [-0.1, -0.05) is 0 Å². The Labute approximate surface area is 134 Å². The number of hydrogen-bond acceptors (Lipinski definition) is 3. The number of halogens is 2. The van der Waals surface area contributed by atoms with Crippen LogP contribution in [0.25, 0.3) is 0 Å². The van der Waals surface area contributed by atoms with Gasteiger partial charge in [-0.3, -0.25) is 9.58 Å². The number of fused-ring (bicyclic) bond motifs is 1. The van der Waals surface area contributed by atoms with Gasteiger partial charge in [0.15, 0.2) is 0 Å². The first-order valence-corrected chi connectivity index (χ1v) is 7.21. The van der Waals surface area contributed by atoms with Crippen LogP contribution in [-0.4, -0.2) is 45.9 Å². The standard InChI is InChI=1S/C14H24N4.2ClH/c1-11(2)18-13(10-17-7-3-5-16-17)8-12-9-15-6-4-14(12)18;;/h3,5,7,11-15H,4,6,8-10H2,1-2H3;2*1H/t12-,13+,14+;;/m1../s1. The van der Waals surface area contributed by atoms with Crippen LogP contribution in [0, 0.1) is 5.92 Å². The Morgan fingerprint density at radius 1 is 1.35 bits per heavy atom. The summed E-state index contributed by atoms with van der Waals surface area (Å²) in [7, 11) is 0. The van der Waals surface area contributed by atoms with Crippen molar-refractivity contribution < 1.29 is 0 Å². The SMILES string of the molecule is CC(C)N1[C@H](Cn2cccn2)C[C@@H]2CNCC[C@@H]21.Cl.Cl. The smallest absolute Gasteiger partial charge is 0.0565 e. The summed E-state index contributed by atoms with van der Waals surface area (Å²) in [5, 5.41) is 7.91. The Kier molecular flexibility index (Phi) is 6.79. The highest BCUT2D eigenvalue weighted by Gasteiger charge is 2.43. The maximum absolute atomic E-state index is 4.37. The molecular formula is C14H26Cl2N4. The fraction of sp³-hybridized carbons (Fsp3) is 0.786. The molecule has 3 atom stereocenters. The first-order chi connectivity index (χ1) is 8.75. The predicted molar refractivity (Wildman–Crippen MR) is 86.9 cm³/mol. The summed E-state index contributed by atoms with van der Waals surface area (Å²) in [5.41, 5.74) is 0. The van der Waals surface area contributed by atoms with Gasteiger partial charge in [0, 0.05) is 30.5 Å². The number of piperidine rings is 1. The minimum Gasteiger partial charge on any atom is -0.316 e. The molecule has 2 fully saturated rings. The van der Waals surface area contributed by atoms with E-state index in [1.165, 1.54) is 25.9 Å². The fourth-order valence-electron chi connectivity index (χ4n) is 3.88. The third kappa shape index (κ3) is 3.48. The molecule has 2 aliphatic rings. The zero-order valence-electron chi connectivity index (χ0n) is 12.2. The minimum atomic E-state index is 0. The first-order valence-electron chi connectivity index (χ1n) is 7.21. The number of nitrogens with one attached hydrogen (secondary N) is 1. The van der Waals surface area contributed by atoms with Crippen LogP contribution in [0.15, 0.2) is 18.5 Å². The van der Waals surface area contributed by atoms with Gasteiger partial charge in [-0.25, -0.2) is 0 Å². The van der Waals surface area contributed by atoms with E-state index < -0.39 is 0 Å². The number of likely N-dealkylation sites (tertiary alicyclic amines) is 1. The van der Waals surface area contributed by atoms with Crippen LogP contribution in [0.5, 0.6) is 0 Å². The van der Waals surface area contributed by atoms with Gasteiger partial charge in [-0.15, -0.1) is 24.8 Å².